The molecule has 4 nitrogen and oxygen atoms in total. The summed E-state index contributed by atoms with van der Waals surface area (Å²) >= 11 is 0. The monoisotopic (exact) mass is 236 g/mol. The number of hydrogen-bond donors (Lipinski definition) is 1. The third-order valence-corrected chi connectivity index (χ3v) is 4.18. The normalized spacial score (nSPS) is 13.5. The number of hydrogen-bond acceptors (Lipinski definition) is 3. The molecule has 2 N–H and O–H groups in total. The van der Waals surface area contributed by atoms with Gasteiger partial charge in [0.05, 0.1) is 5.75 Å². The summed E-state index contributed by atoms with van der Waals surface area (Å²) in [5.41, 5.74) is 5.43. The van der Waals surface area contributed by atoms with E-state index >= 15 is 0 Å². The third-order valence-electron chi connectivity index (χ3n) is 2.23. The van der Waals surface area contributed by atoms with Gasteiger partial charge in [-0.2, -0.15) is 0 Å². The summed E-state index contributed by atoms with van der Waals surface area (Å²) in [4.78, 5) is 0. The lowest BCUT2D eigenvalue weighted by Gasteiger charge is -2.23. The maximum Gasteiger partial charge on any atom is 0.214 e. The van der Waals surface area contributed by atoms with Crippen LogP contribution in [0.5, 0.6) is 0 Å². The molecule has 0 aliphatic heterocycles. The zero-order valence-electron chi connectivity index (χ0n) is 10.3. The summed E-state index contributed by atoms with van der Waals surface area (Å²) in [6, 6.07) is 0. The Morgan fingerprint density at radius 2 is 1.80 bits per heavy atom. The molecule has 15 heavy (non-hydrogen) atoms. The van der Waals surface area contributed by atoms with E-state index in [-0.39, 0.29) is 11.2 Å². The molecule has 0 amide bonds. The lowest BCUT2D eigenvalue weighted by molar-refractivity contribution is 0.383. The highest BCUT2D eigenvalue weighted by Crippen LogP contribution is 2.20. The number of rotatable bonds is 6. The van der Waals surface area contributed by atoms with E-state index in [4.69, 9.17) is 5.73 Å². The van der Waals surface area contributed by atoms with Crippen molar-refractivity contribution < 1.29 is 8.42 Å². The van der Waals surface area contributed by atoms with Gasteiger partial charge >= 0.3 is 0 Å². The Morgan fingerprint density at radius 3 is 2.13 bits per heavy atom. The van der Waals surface area contributed by atoms with Crippen LogP contribution in [-0.4, -0.2) is 38.1 Å². The van der Waals surface area contributed by atoms with Crippen molar-refractivity contribution in [1.29, 1.82) is 0 Å². The molecule has 0 saturated carbocycles. The zero-order chi connectivity index (χ0) is 12.1. The predicted octanol–water partition coefficient (Wildman–Crippen LogP) is 1.03. The number of likely N-dealkylation sites (N-methyl/N-ethyl adjacent to an activating group) is 1. The minimum absolute atomic E-state index is 0.0508. The molecule has 92 valence electrons. The number of sulfonamides is 1. The fourth-order valence-electron chi connectivity index (χ4n) is 1.20. The molecule has 0 saturated heterocycles. The Kier molecular flexibility index (Phi) is 5.77. The van der Waals surface area contributed by atoms with Crippen LogP contribution in [0.4, 0.5) is 0 Å². The Labute approximate surface area is 93.9 Å². The maximum absolute atomic E-state index is 11.9. The molecule has 0 aliphatic carbocycles. The van der Waals surface area contributed by atoms with E-state index in [0.29, 0.717) is 26.1 Å². The van der Waals surface area contributed by atoms with Gasteiger partial charge in [-0.25, -0.2) is 12.7 Å². The first-order chi connectivity index (χ1) is 6.73. The van der Waals surface area contributed by atoms with E-state index in [1.807, 2.05) is 27.7 Å². The first-order valence-corrected chi connectivity index (χ1v) is 7.02. The molecule has 0 atom stereocenters. The van der Waals surface area contributed by atoms with Gasteiger partial charge in [-0.1, -0.05) is 27.7 Å². The molecule has 0 fully saturated rings. The fourth-order valence-corrected chi connectivity index (χ4v) is 3.11. The maximum atomic E-state index is 11.9. The van der Waals surface area contributed by atoms with Crippen molar-refractivity contribution in [2.24, 2.45) is 11.1 Å². The Bertz CT molecular complexity index is 268. The van der Waals surface area contributed by atoms with Crippen molar-refractivity contribution in [3.8, 4) is 0 Å². The van der Waals surface area contributed by atoms with Crippen molar-refractivity contribution in [1.82, 2.24) is 4.31 Å². The SMILES string of the molecule is CCN(CCN)S(=O)(=O)CCC(C)(C)C. The van der Waals surface area contributed by atoms with E-state index in [9.17, 15) is 8.42 Å². The van der Waals surface area contributed by atoms with Gasteiger partial charge in [0.15, 0.2) is 0 Å². The van der Waals surface area contributed by atoms with Crippen LogP contribution in [0.3, 0.4) is 0 Å². The Morgan fingerprint density at radius 1 is 1.27 bits per heavy atom. The van der Waals surface area contributed by atoms with Crippen molar-refractivity contribution in [2.45, 2.75) is 34.1 Å². The summed E-state index contributed by atoms with van der Waals surface area (Å²) in [5.74, 6) is 0.213. The first-order valence-electron chi connectivity index (χ1n) is 5.41. The van der Waals surface area contributed by atoms with Gasteiger partial charge in [0.1, 0.15) is 0 Å². The minimum atomic E-state index is -3.11. The van der Waals surface area contributed by atoms with E-state index < -0.39 is 10.0 Å². The van der Waals surface area contributed by atoms with Crippen LogP contribution in [0.25, 0.3) is 0 Å². The topological polar surface area (TPSA) is 63.4 Å². The van der Waals surface area contributed by atoms with E-state index in [1.54, 1.807) is 0 Å². The van der Waals surface area contributed by atoms with Gasteiger partial charge in [-0.15, -0.1) is 0 Å². The van der Waals surface area contributed by atoms with Crippen molar-refractivity contribution in [2.75, 3.05) is 25.4 Å². The Hall–Kier alpha value is -0.130. The van der Waals surface area contributed by atoms with Crippen molar-refractivity contribution in [3.05, 3.63) is 0 Å². The molecule has 0 rings (SSSR count). The van der Waals surface area contributed by atoms with Crippen molar-refractivity contribution in [3.63, 3.8) is 0 Å². The minimum Gasteiger partial charge on any atom is -0.329 e. The van der Waals surface area contributed by atoms with Gasteiger partial charge in [-0.3, -0.25) is 0 Å². The number of nitrogens with zero attached hydrogens (tertiary/aromatic N) is 1. The summed E-state index contributed by atoms with van der Waals surface area (Å²) < 4.78 is 25.2. The molecule has 0 radical (unpaired) electrons. The largest absolute Gasteiger partial charge is 0.329 e. The van der Waals surface area contributed by atoms with E-state index in [1.165, 1.54) is 4.31 Å². The van der Waals surface area contributed by atoms with Crippen molar-refractivity contribution >= 4 is 10.0 Å². The van der Waals surface area contributed by atoms with Gasteiger partial charge in [0, 0.05) is 19.6 Å². The van der Waals surface area contributed by atoms with E-state index in [2.05, 4.69) is 0 Å². The molecule has 5 heteroatoms. The molecule has 0 bridgehead atoms. The second kappa shape index (κ2) is 5.82. The van der Waals surface area contributed by atoms with E-state index in [0.717, 1.165) is 0 Å². The van der Waals surface area contributed by atoms with Crippen LogP contribution in [0.2, 0.25) is 0 Å². The molecule has 0 aromatic carbocycles. The smallest absolute Gasteiger partial charge is 0.214 e. The fraction of sp³-hybridized carbons (Fsp3) is 1.00. The quantitative estimate of drug-likeness (QED) is 0.749. The summed E-state index contributed by atoms with van der Waals surface area (Å²) in [5, 5.41) is 0. The second-order valence-corrected chi connectivity index (χ2v) is 7.00. The summed E-state index contributed by atoms with van der Waals surface area (Å²) in [6.07, 6.45) is 0.677. The standard InChI is InChI=1S/C10H24N2O2S/c1-5-12(8-7-11)15(13,14)9-6-10(2,3)4/h5-9,11H2,1-4H3. The molecular formula is C10H24N2O2S. The highest BCUT2D eigenvalue weighted by atomic mass is 32.2. The molecule has 0 aromatic heterocycles. The van der Waals surface area contributed by atoms with Crippen LogP contribution < -0.4 is 5.73 Å². The lowest BCUT2D eigenvalue weighted by atomic mass is 9.94. The Balaban J connectivity index is 4.40. The van der Waals surface area contributed by atoms with Crippen LogP contribution >= 0.6 is 0 Å². The zero-order valence-corrected chi connectivity index (χ0v) is 11.1. The summed E-state index contributed by atoms with van der Waals surface area (Å²) in [7, 11) is -3.11. The van der Waals surface area contributed by atoms with Gasteiger partial charge < -0.3 is 5.73 Å². The predicted molar refractivity (Wildman–Crippen MR) is 64.2 cm³/mol. The van der Waals surface area contributed by atoms with Crippen LogP contribution in [-0.2, 0) is 10.0 Å². The second-order valence-electron chi connectivity index (χ2n) is 4.91. The van der Waals surface area contributed by atoms with Crippen LogP contribution in [0.1, 0.15) is 34.1 Å². The highest BCUT2D eigenvalue weighted by Gasteiger charge is 2.22. The molecule has 0 spiro atoms. The summed E-state index contributed by atoms with van der Waals surface area (Å²) in [6.45, 7) is 9.27. The molecule has 0 aromatic rings. The van der Waals surface area contributed by atoms with Gasteiger partial charge in [0.25, 0.3) is 0 Å². The average molecular weight is 236 g/mol. The lowest BCUT2D eigenvalue weighted by Crippen LogP contribution is -2.37. The van der Waals surface area contributed by atoms with Gasteiger partial charge in [0.2, 0.25) is 10.0 Å². The van der Waals surface area contributed by atoms with Crippen LogP contribution in [0, 0.1) is 5.41 Å². The first kappa shape index (κ1) is 14.9. The number of nitrogens with two attached hydrogens (primary N) is 1. The highest BCUT2D eigenvalue weighted by molar-refractivity contribution is 7.89. The molecule has 0 heterocycles. The third kappa shape index (κ3) is 6.12. The average Bonchev–Trinajstić information content (AvgIpc) is 2.10. The molecular weight excluding hydrogens is 212 g/mol. The van der Waals surface area contributed by atoms with Crippen LogP contribution in [0.15, 0.2) is 0 Å². The van der Waals surface area contributed by atoms with Gasteiger partial charge in [-0.05, 0) is 11.8 Å². The molecule has 0 unspecified atom stereocenters. The molecule has 0 aliphatic rings.